The molecule has 27 heavy (non-hydrogen) atoms. The van der Waals surface area contributed by atoms with E-state index in [4.69, 9.17) is 4.42 Å². The van der Waals surface area contributed by atoms with Crippen LogP contribution in [0.3, 0.4) is 0 Å². The minimum absolute atomic E-state index is 0.0402. The Labute approximate surface area is 161 Å². The summed E-state index contributed by atoms with van der Waals surface area (Å²) >= 11 is 0. The molecule has 0 bridgehead atoms. The monoisotopic (exact) mass is 392 g/mol. The quantitative estimate of drug-likeness (QED) is 0.753. The zero-order valence-corrected chi connectivity index (χ0v) is 17.3. The number of likely N-dealkylation sites (N-methyl/N-ethyl adjacent to an activating group) is 1. The van der Waals surface area contributed by atoms with Gasteiger partial charge in [0.2, 0.25) is 5.91 Å². The number of carbonyl (C=O) groups excluding carboxylic acids is 1. The lowest BCUT2D eigenvalue weighted by Gasteiger charge is -2.29. The highest BCUT2D eigenvalue weighted by atomic mass is 32.2. The van der Waals surface area contributed by atoms with Gasteiger partial charge in [-0.3, -0.25) is 4.79 Å². The number of hydrogen-bond donors (Lipinski definition) is 0. The van der Waals surface area contributed by atoms with Crippen LogP contribution in [0.15, 0.2) is 22.8 Å². The molecule has 1 aromatic heterocycles. The van der Waals surface area contributed by atoms with Gasteiger partial charge in [-0.1, -0.05) is 6.07 Å². The maximum absolute atomic E-state index is 13.1. The van der Waals surface area contributed by atoms with Gasteiger partial charge in [0.1, 0.15) is 5.58 Å². The summed E-state index contributed by atoms with van der Waals surface area (Å²) in [6.07, 6.45) is 2.40. The fourth-order valence-electron chi connectivity index (χ4n) is 3.86. The van der Waals surface area contributed by atoms with Crippen molar-refractivity contribution in [3.05, 3.63) is 35.1 Å². The van der Waals surface area contributed by atoms with Crippen LogP contribution in [0.2, 0.25) is 0 Å². The number of sulfone groups is 1. The number of rotatable bonds is 6. The Balaban J connectivity index is 1.84. The van der Waals surface area contributed by atoms with Crippen molar-refractivity contribution >= 4 is 26.7 Å². The Morgan fingerprint density at radius 2 is 1.96 bits per heavy atom. The summed E-state index contributed by atoms with van der Waals surface area (Å²) in [5.74, 6) is 0.189. The Hall–Kier alpha value is -1.86. The van der Waals surface area contributed by atoms with Crippen LogP contribution in [0.4, 0.5) is 0 Å². The van der Waals surface area contributed by atoms with Crippen LogP contribution in [0.1, 0.15) is 23.1 Å². The van der Waals surface area contributed by atoms with Crippen molar-refractivity contribution in [1.82, 2.24) is 9.80 Å². The molecule has 1 fully saturated rings. The lowest BCUT2D eigenvalue weighted by Crippen LogP contribution is -2.45. The van der Waals surface area contributed by atoms with Gasteiger partial charge in [0, 0.05) is 30.1 Å². The van der Waals surface area contributed by atoms with Crippen molar-refractivity contribution in [1.29, 1.82) is 0 Å². The molecular formula is C20H28N2O4S. The predicted octanol–water partition coefficient (Wildman–Crippen LogP) is 2.17. The number of nitrogens with zero attached hydrogens (tertiary/aromatic N) is 2. The molecule has 1 aromatic carbocycles. The summed E-state index contributed by atoms with van der Waals surface area (Å²) in [6.45, 7) is 5.27. The second-order valence-corrected chi connectivity index (χ2v) is 10.1. The molecule has 1 saturated heterocycles. The lowest BCUT2D eigenvalue weighted by molar-refractivity contribution is -0.132. The maximum atomic E-state index is 13.1. The minimum Gasteiger partial charge on any atom is -0.464 e. The van der Waals surface area contributed by atoms with Crippen LogP contribution in [-0.2, 0) is 21.1 Å². The summed E-state index contributed by atoms with van der Waals surface area (Å²) in [5.41, 5.74) is 3.86. The molecule has 0 N–H and O–H groups in total. The highest BCUT2D eigenvalue weighted by Crippen LogP contribution is 2.27. The van der Waals surface area contributed by atoms with Gasteiger partial charge in [0.25, 0.3) is 0 Å². The number of benzene rings is 1. The fourth-order valence-corrected chi connectivity index (χ4v) is 5.59. The Bertz CT molecular complexity index is 946. The molecule has 3 rings (SSSR count). The average molecular weight is 393 g/mol. The number of aryl methyl sites for hydroxylation is 2. The highest BCUT2D eigenvalue weighted by molar-refractivity contribution is 7.91. The van der Waals surface area contributed by atoms with E-state index in [-0.39, 0.29) is 29.9 Å². The molecule has 148 valence electrons. The van der Waals surface area contributed by atoms with Gasteiger partial charge in [0.05, 0.1) is 24.2 Å². The second kappa shape index (κ2) is 7.64. The Kier molecular flexibility index (Phi) is 5.63. The van der Waals surface area contributed by atoms with Gasteiger partial charge in [-0.2, -0.15) is 0 Å². The highest BCUT2D eigenvalue weighted by Gasteiger charge is 2.34. The van der Waals surface area contributed by atoms with Crippen LogP contribution in [0.25, 0.3) is 11.0 Å². The average Bonchev–Trinajstić information content (AvgIpc) is 3.10. The molecule has 1 aliphatic heterocycles. The molecule has 6 nitrogen and oxygen atoms in total. The minimum atomic E-state index is -3.05. The largest absolute Gasteiger partial charge is 0.464 e. The van der Waals surface area contributed by atoms with Crippen LogP contribution >= 0.6 is 0 Å². The van der Waals surface area contributed by atoms with Crippen LogP contribution in [0.5, 0.6) is 0 Å². The fraction of sp³-hybridized carbons (Fsp3) is 0.550. The molecule has 1 amide bonds. The molecule has 0 aliphatic carbocycles. The van der Waals surface area contributed by atoms with E-state index in [0.29, 0.717) is 19.5 Å². The van der Waals surface area contributed by atoms with Gasteiger partial charge >= 0.3 is 0 Å². The molecule has 1 atom stereocenters. The molecular weight excluding hydrogens is 364 g/mol. The molecule has 0 spiro atoms. The zero-order valence-electron chi connectivity index (χ0n) is 16.5. The van der Waals surface area contributed by atoms with Crippen LogP contribution in [0, 0.1) is 13.8 Å². The first-order valence-electron chi connectivity index (χ1n) is 9.28. The third-order valence-electron chi connectivity index (χ3n) is 5.19. The van der Waals surface area contributed by atoms with E-state index in [2.05, 4.69) is 6.07 Å². The molecule has 2 aromatic rings. The molecule has 2 heterocycles. The van der Waals surface area contributed by atoms with Crippen molar-refractivity contribution < 1.29 is 17.6 Å². The van der Waals surface area contributed by atoms with Crippen molar-refractivity contribution in [2.45, 2.75) is 32.7 Å². The standard InChI is InChI=1S/C20H28N2O4S/c1-14-9-15(2)20-16(12-26-18(20)10-14)11-19(23)22(7-6-21(3)4)17-5-8-27(24,25)13-17/h9-10,12,17H,5-8,11,13H2,1-4H3. The summed E-state index contributed by atoms with van der Waals surface area (Å²) < 4.78 is 29.5. The number of furan rings is 1. The second-order valence-electron chi connectivity index (χ2n) is 7.84. The molecule has 0 radical (unpaired) electrons. The molecule has 7 heteroatoms. The first-order chi connectivity index (χ1) is 12.7. The number of amides is 1. The van der Waals surface area contributed by atoms with E-state index >= 15 is 0 Å². The molecule has 1 unspecified atom stereocenters. The van der Waals surface area contributed by atoms with Gasteiger partial charge < -0.3 is 14.2 Å². The zero-order chi connectivity index (χ0) is 19.8. The summed E-state index contributed by atoms with van der Waals surface area (Å²) in [5, 5.41) is 0.987. The lowest BCUT2D eigenvalue weighted by atomic mass is 10.0. The van der Waals surface area contributed by atoms with Crippen molar-refractivity contribution in [2.24, 2.45) is 0 Å². The third-order valence-corrected chi connectivity index (χ3v) is 6.94. The molecule has 0 saturated carbocycles. The van der Waals surface area contributed by atoms with Gasteiger partial charge in [-0.15, -0.1) is 0 Å². The molecule has 1 aliphatic rings. The maximum Gasteiger partial charge on any atom is 0.227 e. The number of fused-ring (bicyclic) bond motifs is 1. The predicted molar refractivity (Wildman–Crippen MR) is 107 cm³/mol. The van der Waals surface area contributed by atoms with E-state index in [1.807, 2.05) is 38.9 Å². The number of hydrogen-bond acceptors (Lipinski definition) is 5. The topological polar surface area (TPSA) is 70.8 Å². The van der Waals surface area contributed by atoms with Crippen molar-refractivity contribution in [3.63, 3.8) is 0 Å². The van der Waals surface area contributed by atoms with Gasteiger partial charge in [0.15, 0.2) is 9.84 Å². The first kappa shape index (κ1) is 19.9. The van der Waals surface area contributed by atoms with E-state index in [0.717, 1.165) is 27.7 Å². The summed E-state index contributed by atoms with van der Waals surface area (Å²) in [6, 6.07) is 3.83. The van der Waals surface area contributed by atoms with E-state index in [1.165, 1.54) is 0 Å². The van der Waals surface area contributed by atoms with E-state index in [9.17, 15) is 13.2 Å². The van der Waals surface area contributed by atoms with Gasteiger partial charge in [-0.25, -0.2) is 8.42 Å². The van der Waals surface area contributed by atoms with Gasteiger partial charge in [-0.05, 0) is 51.6 Å². The SMILES string of the molecule is Cc1cc(C)c2c(CC(=O)N(CCN(C)C)C3CCS(=O)(=O)C3)coc2c1. The van der Waals surface area contributed by atoms with E-state index < -0.39 is 9.84 Å². The summed E-state index contributed by atoms with van der Waals surface area (Å²) in [7, 11) is 0.849. The van der Waals surface area contributed by atoms with Crippen molar-refractivity contribution in [2.75, 3.05) is 38.7 Å². The summed E-state index contributed by atoms with van der Waals surface area (Å²) in [4.78, 5) is 16.9. The Morgan fingerprint density at radius 3 is 2.59 bits per heavy atom. The van der Waals surface area contributed by atoms with Crippen LogP contribution in [-0.4, -0.2) is 68.9 Å². The normalized spacial score (nSPS) is 19.1. The first-order valence-corrected chi connectivity index (χ1v) is 11.1. The smallest absolute Gasteiger partial charge is 0.227 e. The number of carbonyl (C=O) groups is 1. The third kappa shape index (κ3) is 4.52. The van der Waals surface area contributed by atoms with E-state index in [1.54, 1.807) is 11.2 Å². The van der Waals surface area contributed by atoms with Crippen molar-refractivity contribution in [3.8, 4) is 0 Å². The van der Waals surface area contributed by atoms with Crippen LogP contribution < -0.4 is 0 Å². The Morgan fingerprint density at radius 1 is 1.22 bits per heavy atom.